The van der Waals surface area contributed by atoms with Gasteiger partial charge in [0.1, 0.15) is 16.5 Å². The highest BCUT2D eigenvalue weighted by atomic mass is 35.5. The van der Waals surface area contributed by atoms with Crippen molar-refractivity contribution in [1.82, 2.24) is 9.71 Å². The van der Waals surface area contributed by atoms with Crippen LogP contribution in [0.1, 0.15) is 45.1 Å². The first kappa shape index (κ1) is 28.9. The van der Waals surface area contributed by atoms with Crippen molar-refractivity contribution in [3.05, 3.63) is 51.6 Å². The number of amides is 1. The van der Waals surface area contributed by atoms with Gasteiger partial charge < -0.3 is 14.2 Å². The first-order chi connectivity index (χ1) is 16.6. The number of nitrogens with one attached hydrogen (secondary N) is 1. The molecule has 0 fully saturated rings. The van der Waals surface area contributed by atoms with E-state index in [0.717, 1.165) is 12.8 Å². The Morgan fingerprint density at radius 3 is 2.60 bits per heavy atom. The number of hydrogen-bond donors (Lipinski definition) is 1. The van der Waals surface area contributed by atoms with Crippen molar-refractivity contribution in [3.8, 4) is 17.4 Å². The molecule has 1 heterocycles. The smallest absolute Gasteiger partial charge is 0.260 e. The number of methoxy groups -OCH3 is 1. The van der Waals surface area contributed by atoms with Crippen LogP contribution in [0.2, 0.25) is 10.0 Å². The molecule has 11 heteroatoms. The van der Waals surface area contributed by atoms with Gasteiger partial charge in [-0.2, -0.15) is 0 Å². The van der Waals surface area contributed by atoms with Gasteiger partial charge in [-0.05, 0) is 37.6 Å². The Kier molecular flexibility index (Phi) is 11.8. The summed E-state index contributed by atoms with van der Waals surface area (Å²) in [4.78, 5) is 16.6. The van der Waals surface area contributed by atoms with Crippen LogP contribution in [-0.2, 0) is 19.6 Å². The molecule has 0 unspecified atom stereocenters. The Morgan fingerprint density at radius 1 is 1.14 bits per heavy atom. The van der Waals surface area contributed by atoms with Gasteiger partial charge in [0.2, 0.25) is 15.9 Å². The fourth-order valence-electron chi connectivity index (χ4n) is 2.90. The lowest BCUT2D eigenvalue weighted by Crippen LogP contribution is -2.33. The van der Waals surface area contributed by atoms with E-state index in [2.05, 4.69) is 9.71 Å². The molecule has 2 aromatic rings. The number of rotatable bonds is 14. The third kappa shape index (κ3) is 10.0. The Labute approximate surface area is 216 Å². The van der Waals surface area contributed by atoms with E-state index < -0.39 is 15.9 Å². The SMILES string of the molecule is CCCCCS(=O)(=O)NC(=O)C(C)=Cc1ccc(OCCCOC)cc1Oc1ncc(Cl)cc1Cl. The predicted octanol–water partition coefficient (Wildman–Crippen LogP) is 5.64. The Bertz CT molecular complexity index is 1140. The quantitative estimate of drug-likeness (QED) is 0.242. The zero-order chi connectivity index (χ0) is 25.8. The molecule has 2 rings (SSSR count). The summed E-state index contributed by atoms with van der Waals surface area (Å²) >= 11 is 12.1. The van der Waals surface area contributed by atoms with Crippen molar-refractivity contribution in [3.63, 3.8) is 0 Å². The summed E-state index contributed by atoms with van der Waals surface area (Å²) in [6.45, 7) is 4.48. The Balaban J connectivity index is 2.29. The van der Waals surface area contributed by atoms with E-state index in [-0.39, 0.29) is 22.2 Å². The molecule has 0 aliphatic heterocycles. The van der Waals surface area contributed by atoms with E-state index >= 15 is 0 Å². The second-order valence-corrected chi connectivity index (χ2v) is 10.4. The van der Waals surface area contributed by atoms with E-state index in [0.29, 0.717) is 48.1 Å². The number of unbranched alkanes of at least 4 members (excludes halogenated alkanes) is 2. The molecule has 1 N–H and O–H groups in total. The summed E-state index contributed by atoms with van der Waals surface area (Å²) in [5.74, 6) is 0.130. The van der Waals surface area contributed by atoms with Gasteiger partial charge >= 0.3 is 0 Å². The molecule has 0 bridgehead atoms. The molecule has 0 saturated heterocycles. The van der Waals surface area contributed by atoms with Gasteiger partial charge in [-0.15, -0.1) is 0 Å². The van der Waals surface area contributed by atoms with Crippen LogP contribution in [0.3, 0.4) is 0 Å². The van der Waals surface area contributed by atoms with Gasteiger partial charge in [0, 0.05) is 43.5 Å². The molecule has 0 saturated carbocycles. The number of aromatic nitrogens is 1. The van der Waals surface area contributed by atoms with Gasteiger partial charge in [0.25, 0.3) is 5.91 Å². The van der Waals surface area contributed by atoms with Gasteiger partial charge in [-0.25, -0.2) is 18.1 Å². The summed E-state index contributed by atoms with van der Waals surface area (Å²) in [6.07, 6.45) is 5.75. The van der Waals surface area contributed by atoms with Gasteiger partial charge in [0.15, 0.2) is 0 Å². The molecule has 1 aromatic heterocycles. The molecule has 0 radical (unpaired) electrons. The first-order valence-corrected chi connectivity index (χ1v) is 13.5. The highest BCUT2D eigenvalue weighted by Crippen LogP contribution is 2.34. The maximum absolute atomic E-state index is 12.5. The largest absolute Gasteiger partial charge is 0.493 e. The Hall–Kier alpha value is -2.33. The molecule has 1 amide bonds. The minimum absolute atomic E-state index is 0.107. The molecule has 1 aromatic carbocycles. The minimum atomic E-state index is -3.72. The number of pyridine rings is 1. The summed E-state index contributed by atoms with van der Waals surface area (Å²) < 4.78 is 43.2. The standard InChI is InChI=1S/C24H30Cl2N2O6S/c1-4-5-6-12-35(30,31)28-23(29)17(2)13-18-8-9-20(33-11-7-10-32-3)15-22(18)34-24-21(26)14-19(25)16-27-24/h8-9,13-16H,4-7,10-12H2,1-3H3,(H,28,29). The number of hydrogen-bond acceptors (Lipinski definition) is 7. The lowest BCUT2D eigenvalue weighted by molar-refractivity contribution is -0.115. The Morgan fingerprint density at radius 2 is 1.91 bits per heavy atom. The molecule has 8 nitrogen and oxygen atoms in total. The van der Waals surface area contributed by atoms with Crippen LogP contribution in [0, 0.1) is 0 Å². The highest BCUT2D eigenvalue weighted by molar-refractivity contribution is 7.90. The fraction of sp³-hybridized carbons (Fsp3) is 0.417. The maximum atomic E-state index is 12.5. The van der Waals surface area contributed by atoms with Crippen molar-refractivity contribution >= 4 is 45.2 Å². The summed E-state index contributed by atoms with van der Waals surface area (Å²) in [6, 6.07) is 6.54. The van der Waals surface area contributed by atoms with Crippen molar-refractivity contribution < 1.29 is 27.4 Å². The molecular weight excluding hydrogens is 515 g/mol. The number of benzene rings is 1. The molecule has 0 spiro atoms. The van der Waals surface area contributed by atoms with E-state index in [1.165, 1.54) is 25.3 Å². The predicted molar refractivity (Wildman–Crippen MR) is 138 cm³/mol. The van der Waals surface area contributed by atoms with Gasteiger partial charge in [-0.3, -0.25) is 4.79 Å². The van der Waals surface area contributed by atoms with E-state index in [4.69, 9.17) is 37.4 Å². The van der Waals surface area contributed by atoms with E-state index in [1.807, 2.05) is 6.92 Å². The molecule has 0 aliphatic rings. The summed E-state index contributed by atoms with van der Waals surface area (Å²) in [7, 11) is -2.11. The first-order valence-electron chi connectivity index (χ1n) is 11.1. The third-order valence-electron chi connectivity index (χ3n) is 4.72. The zero-order valence-electron chi connectivity index (χ0n) is 20.0. The lowest BCUT2D eigenvalue weighted by atomic mass is 10.1. The van der Waals surface area contributed by atoms with Crippen molar-refractivity contribution in [2.45, 2.75) is 39.5 Å². The number of carbonyl (C=O) groups excluding carboxylic acids is 1. The van der Waals surface area contributed by atoms with Crippen molar-refractivity contribution in [2.24, 2.45) is 0 Å². The second kappa shape index (κ2) is 14.3. The average Bonchev–Trinajstić information content (AvgIpc) is 2.79. The van der Waals surface area contributed by atoms with Crippen LogP contribution in [0.5, 0.6) is 17.4 Å². The molecule has 0 atom stereocenters. The van der Waals surface area contributed by atoms with Crippen LogP contribution in [-0.4, -0.2) is 45.4 Å². The zero-order valence-corrected chi connectivity index (χ0v) is 22.3. The van der Waals surface area contributed by atoms with Crippen LogP contribution < -0.4 is 14.2 Å². The van der Waals surface area contributed by atoms with Crippen LogP contribution in [0.4, 0.5) is 0 Å². The van der Waals surface area contributed by atoms with Gasteiger partial charge in [0.05, 0.1) is 17.4 Å². The number of sulfonamides is 1. The molecule has 0 aliphatic carbocycles. The van der Waals surface area contributed by atoms with E-state index in [1.54, 1.807) is 25.3 Å². The van der Waals surface area contributed by atoms with Crippen LogP contribution in [0.25, 0.3) is 6.08 Å². The van der Waals surface area contributed by atoms with Crippen LogP contribution in [0.15, 0.2) is 36.0 Å². The maximum Gasteiger partial charge on any atom is 0.260 e. The normalized spacial score (nSPS) is 11.9. The molecule has 192 valence electrons. The van der Waals surface area contributed by atoms with Gasteiger partial charge in [-0.1, -0.05) is 43.0 Å². The minimum Gasteiger partial charge on any atom is -0.493 e. The summed E-state index contributed by atoms with van der Waals surface area (Å²) in [5, 5.41) is 0.553. The molecular formula is C24H30Cl2N2O6S. The summed E-state index contributed by atoms with van der Waals surface area (Å²) in [5.41, 5.74) is 0.677. The topological polar surface area (TPSA) is 104 Å². The monoisotopic (exact) mass is 544 g/mol. The van der Waals surface area contributed by atoms with Crippen molar-refractivity contribution in [2.75, 3.05) is 26.1 Å². The average molecular weight is 545 g/mol. The second-order valence-electron chi connectivity index (χ2n) is 7.72. The molecule has 35 heavy (non-hydrogen) atoms. The van der Waals surface area contributed by atoms with Crippen molar-refractivity contribution in [1.29, 1.82) is 0 Å². The lowest BCUT2D eigenvalue weighted by Gasteiger charge is -2.13. The van der Waals surface area contributed by atoms with Crippen LogP contribution >= 0.6 is 23.2 Å². The number of ether oxygens (including phenoxy) is 3. The highest BCUT2D eigenvalue weighted by Gasteiger charge is 2.17. The van der Waals surface area contributed by atoms with E-state index in [9.17, 15) is 13.2 Å². The number of nitrogens with zero attached hydrogens (tertiary/aromatic N) is 1. The number of carbonyl (C=O) groups is 1. The number of halogens is 2. The third-order valence-corrected chi connectivity index (χ3v) is 6.52. The fourth-order valence-corrected chi connectivity index (χ4v) is 4.45.